The highest BCUT2D eigenvalue weighted by molar-refractivity contribution is 5.81. The highest BCUT2D eigenvalue weighted by Crippen LogP contribution is 2.24. The fourth-order valence-electron chi connectivity index (χ4n) is 2.65. The van der Waals surface area contributed by atoms with Gasteiger partial charge in [0.05, 0.1) is 17.3 Å². The minimum atomic E-state index is -0.0800. The van der Waals surface area contributed by atoms with E-state index in [1.54, 1.807) is 0 Å². The lowest BCUT2D eigenvalue weighted by Crippen LogP contribution is -2.29. The molecule has 0 aliphatic heterocycles. The molecule has 21 heavy (non-hydrogen) atoms. The number of rotatable bonds is 5. The Balaban J connectivity index is 1.92. The Morgan fingerprint density at radius 2 is 2.10 bits per heavy atom. The van der Waals surface area contributed by atoms with Crippen LogP contribution in [0.15, 0.2) is 40.8 Å². The third kappa shape index (κ3) is 2.57. The maximum Gasteiger partial charge on any atom is 0.122 e. The number of nitrogens with two attached hydrogens (primary N) is 1. The molecule has 1 aromatic carbocycles. The molecule has 1 atom stereocenters. The number of hydrogen-bond acceptors (Lipinski definition) is 4. The van der Waals surface area contributed by atoms with Gasteiger partial charge in [-0.15, -0.1) is 0 Å². The quantitative estimate of drug-likeness (QED) is 0.558. The summed E-state index contributed by atoms with van der Waals surface area (Å²) < 4.78 is 7.70. The molecule has 0 saturated heterocycles. The molecular formula is C16H20N4O. The number of aryl methyl sites for hydroxylation is 2. The maximum absolute atomic E-state index is 5.80. The van der Waals surface area contributed by atoms with Crippen LogP contribution in [0.3, 0.4) is 0 Å². The second-order valence-corrected chi connectivity index (χ2v) is 5.17. The number of para-hydroxylation sites is 1. The number of nitrogens with zero attached hydrogens (tertiary/aromatic N) is 2. The highest BCUT2D eigenvalue weighted by Gasteiger charge is 2.18. The van der Waals surface area contributed by atoms with Gasteiger partial charge < -0.3 is 4.42 Å². The molecule has 2 aromatic heterocycles. The standard InChI is InChI=1S/C16H20N4O/c1-3-11-8-9-16(21-11)14(18-17)10-13-12-6-4-5-7-15(12)20(2)19-13/h4-9,14,18H,3,10,17H2,1-2H3. The van der Waals surface area contributed by atoms with E-state index in [1.165, 1.54) is 0 Å². The van der Waals surface area contributed by atoms with Gasteiger partial charge in [0, 0.05) is 25.3 Å². The molecule has 5 heteroatoms. The lowest BCUT2D eigenvalue weighted by Gasteiger charge is -2.12. The predicted molar refractivity (Wildman–Crippen MR) is 82.6 cm³/mol. The van der Waals surface area contributed by atoms with E-state index >= 15 is 0 Å². The van der Waals surface area contributed by atoms with Crippen molar-refractivity contribution in [2.75, 3.05) is 0 Å². The number of aromatic nitrogens is 2. The third-order valence-corrected chi connectivity index (χ3v) is 3.81. The van der Waals surface area contributed by atoms with Crippen molar-refractivity contribution in [2.24, 2.45) is 12.9 Å². The molecule has 0 amide bonds. The van der Waals surface area contributed by atoms with Gasteiger partial charge in [0.15, 0.2) is 0 Å². The van der Waals surface area contributed by atoms with Gasteiger partial charge in [-0.2, -0.15) is 5.10 Å². The third-order valence-electron chi connectivity index (χ3n) is 3.81. The highest BCUT2D eigenvalue weighted by atomic mass is 16.3. The van der Waals surface area contributed by atoms with Crippen LogP contribution in [-0.4, -0.2) is 9.78 Å². The summed E-state index contributed by atoms with van der Waals surface area (Å²) in [5.41, 5.74) is 4.98. The van der Waals surface area contributed by atoms with Crippen molar-refractivity contribution in [2.45, 2.75) is 25.8 Å². The Kier molecular flexibility index (Phi) is 3.77. The second kappa shape index (κ2) is 5.71. The summed E-state index contributed by atoms with van der Waals surface area (Å²) in [7, 11) is 1.96. The Bertz CT molecular complexity index is 744. The molecule has 0 saturated carbocycles. The van der Waals surface area contributed by atoms with Crippen molar-refractivity contribution in [3.63, 3.8) is 0 Å². The Morgan fingerprint density at radius 3 is 2.81 bits per heavy atom. The van der Waals surface area contributed by atoms with Crippen LogP contribution in [0.4, 0.5) is 0 Å². The molecule has 2 heterocycles. The minimum Gasteiger partial charge on any atom is -0.464 e. The van der Waals surface area contributed by atoms with Crippen molar-refractivity contribution in [3.05, 3.63) is 53.6 Å². The smallest absolute Gasteiger partial charge is 0.122 e. The van der Waals surface area contributed by atoms with E-state index < -0.39 is 0 Å². The van der Waals surface area contributed by atoms with Crippen LogP contribution in [0.5, 0.6) is 0 Å². The Hall–Kier alpha value is -2.11. The molecule has 5 nitrogen and oxygen atoms in total. The van der Waals surface area contributed by atoms with Crippen LogP contribution >= 0.6 is 0 Å². The van der Waals surface area contributed by atoms with E-state index in [4.69, 9.17) is 10.3 Å². The van der Waals surface area contributed by atoms with Crippen LogP contribution in [-0.2, 0) is 19.9 Å². The number of hydrogen-bond donors (Lipinski definition) is 2. The minimum absolute atomic E-state index is 0.0800. The molecular weight excluding hydrogens is 264 g/mol. The van der Waals surface area contributed by atoms with Gasteiger partial charge in [-0.25, -0.2) is 5.43 Å². The molecule has 3 N–H and O–H groups in total. The zero-order valence-corrected chi connectivity index (χ0v) is 12.3. The summed E-state index contributed by atoms with van der Waals surface area (Å²) in [5, 5.41) is 5.76. The number of fused-ring (bicyclic) bond motifs is 1. The molecule has 0 bridgehead atoms. The lowest BCUT2D eigenvalue weighted by molar-refractivity contribution is 0.394. The first kappa shape index (κ1) is 13.9. The van der Waals surface area contributed by atoms with Gasteiger partial charge in [0.25, 0.3) is 0 Å². The molecule has 0 aliphatic carbocycles. The maximum atomic E-state index is 5.80. The van der Waals surface area contributed by atoms with Crippen LogP contribution in [0, 0.1) is 0 Å². The number of furan rings is 1. The monoisotopic (exact) mass is 284 g/mol. The van der Waals surface area contributed by atoms with E-state index in [9.17, 15) is 0 Å². The summed E-state index contributed by atoms with van der Waals surface area (Å²) in [6.07, 6.45) is 1.57. The van der Waals surface area contributed by atoms with Crippen molar-refractivity contribution in [3.8, 4) is 0 Å². The summed E-state index contributed by atoms with van der Waals surface area (Å²) in [4.78, 5) is 0. The fraction of sp³-hybridized carbons (Fsp3) is 0.312. The molecule has 3 rings (SSSR count). The van der Waals surface area contributed by atoms with Crippen LogP contribution in [0.1, 0.15) is 30.2 Å². The second-order valence-electron chi connectivity index (χ2n) is 5.17. The summed E-state index contributed by atoms with van der Waals surface area (Å²) >= 11 is 0. The average molecular weight is 284 g/mol. The van der Waals surface area contributed by atoms with Crippen molar-refractivity contribution in [1.29, 1.82) is 0 Å². The molecule has 0 radical (unpaired) electrons. The van der Waals surface area contributed by atoms with Gasteiger partial charge >= 0.3 is 0 Å². The summed E-state index contributed by atoms with van der Waals surface area (Å²) in [6.45, 7) is 2.07. The lowest BCUT2D eigenvalue weighted by atomic mass is 10.1. The van der Waals surface area contributed by atoms with Gasteiger partial charge in [0.2, 0.25) is 0 Å². The summed E-state index contributed by atoms with van der Waals surface area (Å²) in [6, 6.07) is 12.1. The van der Waals surface area contributed by atoms with Gasteiger partial charge in [0.1, 0.15) is 11.5 Å². The molecule has 0 spiro atoms. The molecule has 1 unspecified atom stereocenters. The van der Waals surface area contributed by atoms with E-state index in [0.717, 1.165) is 34.5 Å². The normalized spacial score (nSPS) is 12.9. The largest absolute Gasteiger partial charge is 0.464 e. The van der Waals surface area contributed by atoms with E-state index in [0.29, 0.717) is 6.42 Å². The number of nitrogens with one attached hydrogen (secondary N) is 1. The van der Waals surface area contributed by atoms with E-state index in [1.807, 2.05) is 36.0 Å². The van der Waals surface area contributed by atoms with Crippen molar-refractivity contribution < 1.29 is 4.42 Å². The summed E-state index contributed by atoms with van der Waals surface area (Å²) in [5.74, 6) is 7.53. The zero-order chi connectivity index (χ0) is 14.8. The van der Waals surface area contributed by atoms with Gasteiger partial charge in [-0.1, -0.05) is 25.1 Å². The van der Waals surface area contributed by atoms with E-state index in [2.05, 4.69) is 29.6 Å². The predicted octanol–water partition coefficient (Wildman–Crippen LogP) is 2.48. The van der Waals surface area contributed by atoms with Crippen molar-refractivity contribution >= 4 is 10.9 Å². The Morgan fingerprint density at radius 1 is 1.29 bits per heavy atom. The SMILES string of the molecule is CCc1ccc(C(Cc2nn(C)c3ccccc23)NN)o1. The first-order valence-corrected chi connectivity index (χ1v) is 7.18. The zero-order valence-electron chi connectivity index (χ0n) is 12.3. The molecule has 0 aliphatic rings. The van der Waals surface area contributed by atoms with Crippen molar-refractivity contribution in [1.82, 2.24) is 15.2 Å². The van der Waals surface area contributed by atoms with E-state index in [-0.39, 0.29) is 6.04 Å². The van der Waals surface area contributed by atoms with Gasteiger partial charge in [-0.3, -0.25) is 10.5 Å². The average Bonchev–Trinajstić information content (AvgIpc) is 3.11. The Labute approximate surface area is 123 Å². The molecule has 0 fully saturated rings. The number of benzene rings is 1. The first-order valence-electron chi connectivity index (χ1n) is 7.18. The fourth-order valence-corrected chi connectivity index (χ4v) is 2.65. The first-order chi connectivity index (χ1) is 10.2. The molecule has 110 valence electrons. The van der Waals surface area contributed by atoms with Crippen LogP contribution in [0.25, 0.3) is 10.9 Å². The van der Waals surface area contributed by atoms with Gasteiger partial charge in [-0.05, 0) is 18.2 Å². The molecule has 3 aromatic rings. The topological polar surface area (TPSA) is 69.0 Å². The van der Waals surface area contributed by atoms with Crippen LogP contribution < -0.4 is 11.3 Å². The number of hydrazine groups is 1. The van der Waals surface area contributed by atoms with Crippen LogP contribution in [0.2, 0.25) is 0 Å².